The third kappa shape index (κ3) is 7.24. The zero-order valence-corrected chi connectivity index (χ0v) is 30.2. The van der Waals surface area contributed by atoms with Crippen molar-refractivity contribution < 1.29 is 14.6 Å². The van der Waals surface area contributed by atoms with Crippen LogP contribution in [0.1, 0.15) is 49.4 Å². The number of carbonyl (C=O) groups excluding carboxylic acids is 1. The molecule has 0 unspecified atom stereocenters. The molecule has 2 aliphatic rings. The molecule has 1 aliphatic heterocycles. The summed E-state index contributed by atoms with van der Waals surface area (Å²) < 4.78 is 7.27. The summed E-state index contributed by atoms with van der Waals surface area (Å²) in [6.07, 6.45) is 4.34. The van der Waals surface area contributed by atoms with Crippen LogP contribution in [0.15, 0.2) is 71.7 Å². The number of benzene rings is 2. The highest BCUT2D eigenvalue weighted by molar-refractivity contribution is 6.39. The fourth-order valence-electron chi connectivity index (χ4n) is 7.14. The van der Waals surface area contributed by atoms with E-state index in [1.54, 1.807) is 17.7 Å². The number of aliphatic hydroxyl groups is 1. The molecular formula is C39H40Cl2N6O4. The molecule has 264 valence electrons. The van der Waals surface area contributed by atoms with Crippen molar-refractivity contribution >= 4 is 34.8 Å². The summed E-state index contributed by atoms with van der Waals surface area (Å²) in [6.45, 7) is 5.31. The molecular weight excluding hydrogens is 687 g/mol. The summed E-state index contributed by atoms with van der Waals surface area (Å²) in [6, 6.07) is 19.6. The number of aryl methyl sites for hydroxylation is 1. The predicted octanol–water partition coefficient (Wildman–Crippen LogP) is 6.09. The van der Waals surface area contributed by atoms with Gasteiger partial charge in [0.15, 0.2) is 0 Å². The van der Waals surface area contributed by atoms with Gasteiger partial charge in [-0.3, -0.25) is 14.0 Å². The normalized spacial score (nSPS) is 20.0. The van der Waals surface area contributed by atoms with Crippen LogP contribution < -0.4 is 26.2 Å². The molecule has 7 rings (SSSR count). The van der Waals surface area contributed by atoms with Crippen molar-refractivity contribution in [3.05, 3.63) is 104 Å². The number of ether oxygens (including phenoxy) is 1. The number of fused-ring (bicyclic) bond motifs is 1. The topological polar surface area (TPSA) is 130 Å². The standard InChI is InChI=1S/C39H40Cl2N6O4/c1-22-14-24(15-33-44-20-25(38(49)47(22)33)19-43-27-16-39(2,50)17-27)28-6-4-7-29(35(28)40)30-8-5-9-31(36(30)41)32-12-10-23(37(46-32)51-3)18-42-21-26-11-13-34(48)45-26/h4-10,12,14-15,20,26-27,42-43,50H,11,13,16-19,21H2,1-3H3,(H,45,48)/t26-,27?,39?/m1/s1. The zero-order chi connectivity index (χ0) is 35.9. The predicted molar refractivity (Wildman–Crippen MR) is 200 cm³/mol. The Bertz CT molecular complexity index is 2200. The van der Waals surface area contributed by atoms with Crippen LogP contribution in [0.2, 0.25) is 10.0 Å². The number of nitrogens with one attached hydrogen (secondary N) is 3. The summed E-state index contributed by atoms with van der Waals surface area (Å²) in [5, 5.41) is 20.8. The molecule has 1 aliphatic carbocycles. The Morgan fingerprint density at radius 3 is 2.37 bits per heavy atom. The van der Waals surface area contributed by atoms with Crippen LogP contribution in [0.3, 0.4) is 0 Å². The van der Waals surface area contributed by atoms with Crippen molar-refractivity contribution in [2.45, 2.75) is 70.3 Å². The average Bonchev–Trinajstić information content (AvgIpc) is 3.51. The second-order valence-electron chi connectivity index (χ2n) is 13.8. The van der Waals surface area contributed by atoms with Gasteiger partial charge in [-0.25, -0.2) is 9.97 Å². The lowest BCUT2D eigenvalue weighted by atomic mass is 9.77. The molecule has 0 radical (unpaired) electrons. The Morgan fingerprint density at radius 2 is 1.69 bits per heavy atom. The molecule has 51 heavy (non-hydrogen) atoms. The quantitative estimate of drug-likeness (QED) is 0.129. The molecule has 1 atom stereocenters. The van der Waals surface area contributed by atoms with E-state index in [2.05, 4.69) is 20.9 Å². The number of methoxy groups -OCH3 is 1. The highest BCUT2D eigenvalue weighted by atomic mass is 35.5. The van der Waals surface area contributed by atoms with E-state index in [1.807, 2.05) is 74.5 Å². The van der Waals surface area contributed by atoms with Crippen molar-refractivity contribution in [1.29, 1.82) is 0 Å². The van der Waals surface area contributed by atoms with E-state index < -0.39 is 5.60 Å². The van der Waals surface area contributed by atoms with E-state index in [0.29, 0.717) is 71.7 Å². The maximum atomic E-state index is 13.5. The Hall–Kier alpha value is -4.32. The fourth-order valence-corrected chi connectivity index (χ4v) is 7.80. The number of rotatable bonds is 11. The number of amides is 1. The third-order valence-corrected chi connectivity index (χ3v) is 10.6. The van der Waals surface area contributed by atoms with Crippen molar-refractivity contribution in [3.8, 4) is 39.4 Å². The van der Waals surface area contributed by atoms with E-state index in [4.69, 9.17) is 32.9 Å². The van der Waals surface area contributed by atoms with Gasteiger partial charge in [-0.1, -0.05) is 65.7 Å². The van der Waals surface area contributed by atoms with Crippen molar-refractivity contribution in [1.82, 2.24) is 30.3 Å². The van der Waals surface area contributed by atoms with Gasteiger partial charge in [-0.15, -0.1) is 0 Å². The minimum absolute atomic E-state index is 0.0939. The average molecular weight is 728 g/mol. The van der Waals surface area contributed by atoms with E-state index in [-0.39, 0.29) is 23.6 Å². The summed E-state index contributed by atoms with van der Waals surface area (Å²) in [7, 11) is 1.59. The molecule has 3 aromatic heterocycles. The third-order valence-electron chi connectivity index (χ3n) is 9.81. The van der Waals surface area contributed by atoms with E-state index >= 15 is 0 Å². The number of nitrogens with zero attached hydrogens (tertiary/aromatic N) is 3. The first-order chi connectivity index (χ1) is 24.5. The van der Waals surface area contributed by atoms with Gasteiger partial charge < -0.3 is 25.8 Å². The summed E-state index contributed by atoms with van der Waals surface area (Å²) in [5.41, 5.74) is 6.48. The van der Waals surface area contributed by atoms with Gasteiger partial charge in [-0.2, -0.15) is 0 Å². The zero-order valence-electron chi connectivity index (χ0n) is 28.7. The number of halogens is 2. The van der Waals surface area contributed by atoms with Crippen LogP contribution in [-0.4, -0.2) is 56.7 Å². The first-order valence-electron chi connectivity index (χ1n) is 17.1. The Balaban J connectivity index is 1.14. The van der Waals surface area contributed by atoms with Crippen molar-refractivity contribution in [3.63, 3.8) is 0 Å². The van der Waals surface area contributed by atoms with Gasteiger partial charge in [0.05, 0.1) is 34.0 Å². The lowest BCUT2D eigenvalue weighted by molar-refractivity contribution is -0.119. The number of carbonyl (C=O) groups is 1. The van der Waals surface area contributed by atoms with Crippen LogP contribution in [0.5, 0.6) is 5.88 Å². The summed E-state index contributed by atoms with van der Waals surface area (Å²) >= 11 is 14.3. The van der Waals surface area contributed by atoms with Crippen LogP contribution >= 0.6 is 23.2 Å². The largest absolute Gasteiger partial charge is 0.481 e. The smallest absolute Gasteiger partial charge is 0.262 e. The van der Waals surface area contributed by atoms with Gasteiger partial charge in [0.2, 0.25) is 11.8 Å². The lowest BCUT2D eigenvalue weighted by Gasteiger charge is -2.41. The fraction of sp³-hybridized carbons (Fsp3) is 0.333. The number of pyridine rings is 2. The Labute approximate surface area is 306 Å². The Kier molecular flexibility index (Phi) is 9.88. The molecule has 0 bridgehead atoms. The molecule has 1 saturated heterocycles. The molecule has 0 spiro atoms. The van der Waals surface area contributed by atoms with Crippen molar-refractivity contribution in [2.75, 3.05) is 13.7 Å². The molecule has 12 heteroatoms. The SMILES string of the molecule is COc1nc(-c2cccc(-c3cccc(-c4cc(C)n5c(=O)c(CNC6CC(C)(O)C6)cnc5c4)c3Cl)c2Cl)ccc1CNC[C@H]1CCC(=O)N1. The van der Waals surface area contributed by atoms with E-state index in [9.17, 15) is 14.7 Å². The monoisotopic (exact) mass is 726 g/mol. The highest BCUT2D eigenvalue weighted by Crippen LogP contribution is 2.42. The molecule has 10 nitrogen and oxygen atoms in total. The van der Waals surface area contributed by atoms with Gasteiger partial charge in [-0.05, 0) is 56.9 Å². The minimum atomic E-state index is -0.637. The number of hydrogen-bond acceptors (Lipinski definition) is 8. The van der Waals surface area contributed by atoms with Gasteiger partial charge >= 0.3 is 0 Å². The van der Waals surface area contributed by atoms with E-state index in [0.717, 1.165) is 45.5 Å². The second kappa shape index (κ2) is 14.4. The minimum Gasteiger partial charge on any atom is -0.481 e. The summed E-state index contributed by atoms with van der Waals surface area (Å²) in [4.78, 5) is 34.4. The molecule has 2 fully saturated rings. The molecule has 2 aromatic carbocycles. The van der Waals surface area contributed by atoms with Gasteiger partial charge in [0.25, 0.3) is 5.56 Å². The Morgan fingerprint density at radius 1 is 0.980 bits per heavy atom. The maximum absolute atomic E-state index is 13.5. The number of aromatic nitrogens is 3. The molecule has 4 heterocycles. The van der Waals surface area contributed by atoms with Crippen molar-refractivity contribution in [2.24, 2.45) is 0 Å². The van der Waals surface area contributed by atoms with E-state index in [1.165, 1.54) is 0 Å². The first-order valence-corrected chi connectivity index (χ1v) is 17.9. The lowest BCUT2D eigenvalue weighted by Crippen LogP contribution is -2.51. The van der Waals surface area contributed by atoms with Crippen LogP contribution in [-0.2, 0) is 17.9 Å². The molecule has 1 saturated carbocycles. The second-order valence-corrected chi connectivity index (χ2v) is 14.5. The molecule has 5 aromatic rings. The first kappa shape index (κ1) is 35.1. The molecule has 4 N–H and O–H groups in total. The van der Waals surface area contributed by atoms with Gasteiger partial charge in [0.1, 0.15) is 5.65 Å². The van der Waals surface area contributed by atoms with Crippen LogP contribution in [0.4, 0.5) is 0 Å². The maximum Gasteiger partial charge on any atom is 0.262 e. The molecule has 1 amide bonds. The van der Waals surface area contributed by atoms with Crippen LogP contribution in [0.25, 0.3) is 39.2 Å². The highest BCUT2D eigenvalue weighted by Gasteiger charge is 2.38. The number of hydrogen-bond donors (Lipinski definition) is 4. The van der Waals surface area contributed by atoms with Gasteiger partial charge in [0, 0.05) is 77.8 Å². The van der Waals surface area contributed by atoms with Crippen LogP contribution in [0, 0.1) is 6.92 Å². The summed E-state index contributed by atoms with van der Waals surface area (Å²) in [5.74, 6) is 0.587.